The van der Waals surface area contributed by atoms with Gasteiger partial charge >= 0.3 is 22.0 Å². The number of rotatable bonds is 15. The smallest absolute Gasteiger partial charge is 0.421 e. The van der Waals surface area contributed by atoms with Crippen molar-refractivity contribution in [3.8, 4) is 0 Å². The van der Waals surface area contributed by atoms with Gasteiger partial charge in [0, 0.05) is 25.7 Å². The predicted molar refractivity (Wildman–Crippen MR) is 158 cm³/mol. The van der Waals surface area contributed by atoms with E-state index in [9.17, 15) is 86.4 Å². The number of halogens is 12. The van der Waals surface area contributed by atoms with Crippen molar-refractivity contribution in [2.45, 2.75) is 61.6 Å². The molecule has 2 saturated heterocycles. The van der Waals surface area contributed by atoms with Gasteiger partial charge in [-0.3, -0.25) is 0 Å². The molecule has 30 heteroatoms. The van der Waals surface area contributed by atoms with E-state index in [0.29, 0.717) is 0 Å². The van der Waals surface area contributed by atoms with E-state index in [1.807, 2.05) is 0 Å². The van der Waals surface area contributed by atoms with E-state index in [2.05, 4.69) is 13.8 Å². The quantitative estimate of drug-likeness (QED) is 0.130. The number of likely N-dealkylation sites (N-methyl/N-ethyl adjacent to an activating group) is 2. The predicted octanol–water partition coefficient (Wildman–Crippen LogP) is 4.40. The zero-order valence-corrected chi connectivity index (χ0v) is 30.6. The van der Waals surface area contributed by atoms with Crippen LogP contribution in [-0.2, 0) is 49.6 Å². The second kappa shape index (κ2) is 19.0. The van der Waals surface area contributed by atoms with Crippen LogP contribution in [0.3, 0.4) is 0 Å². The Morgan fingerprint density at radius 1 is 0.442 bits per heavy atom. The van der Waals surface area contributed by atoms with Crippen LogP contribution in [0.4, 0.5) is 52.7 Å². The third kappa shape index (κ3) is 15.8. The Bertz CT molecular complexity index is 1340. The molecule has 0 atom stereocenters. The first-order valence-electron chi connectivity index (χ1n) is 14.7. The lowest BCUT2D eigenvalue weighted by atomic mass is 10.4. The fraction of sp³-hybridized carbons (Fsp3) is 1.00. The van der Waals surface area contributed by atoms with Crippen molar-refractivity contribution in [3.63, 3.8) is 0 Å². The molecule has 0 aromatic heterocycles. The van der Waals surface area contributed by atoms with E-state index < -0.39 is 62.1 Å². The van der Waals surface area contributed by atoms with Crippen LogP contribution in [0, 0.1) is 0 Å². The van der Waals surface area contributed by atoms with Gasteiger partial charge in [-0.2, -0.15) is 52.7 Å². The Labute approximate surface area is 293 Å². The molecule has 2 aliphatic heterocycles. The lowest BCUT2D eigenvalue weighted by Gasteiger charge is -2.33. The summed E-state index contributed by atoms with van der Waals surface area (Å²) in [7, 11) is -26.9. The second-order valence-electron chi connectivity index (χ2n) is 11.1. The maximum Gasteiger partial charge on any atom is 0.480 e. The molecule has 0 saturated carbocycles. The number of ether oxygens (including phenoxy) is 2. The number of hydrogen-bond donors (Lipinski definition) is 0. The third-order valence-electron chi connectivity index (χ3n) is 7.73. The van der Waals surface area contributed by atoms with Crippen molar-refractivity contribution in [3.05, 3.63) is 8.25 Å². The molecule has 2 fully saturated rings. The molecule has 0 aromatic carbocycles. The molecule has 14 nitrogen and oxygen atoms in total. The Morgan fingerprint density at radius 2 is 0.654 bits per heavy atom. The summed E-state index contributed by atoms with van der Waals surface area (Å²) >= 11 is 0. The zero-order valence-electron chi connectivity index (χ0n) is 27.4. The fourth-order valence-electron chi connectivity index (χ4n) is 4.67. The molecule has 2 rings (SSSR count). The van der Waals surface area contributed by atoms with E-state index in [1.165, 1.54) is 87.0 Å². The topological polar surface area (TPSA) is 183 Å². The fourth-order valence-corrected chi connectivity index (χ4v) is 8.09. The first-order chi connectivity index (χ1) is 23.2. The second-order valence-corrected chi connectivity index (χ2v) is 18.0. The van der Waals surface area contributed by atoms with Crippen molar-refractivity contribution < 1.29 is 105 Å². The first kappa shape index (κ1) is 50.7. The summed E-state index contributed by atoms with van der Waals surface area (Å²) in [4.78, 5) is 0. The van der Waals surface area contributed by atoms with Crippen molar-refractivity contribution in [1.29, 1.82) is 0 Å². The number of hydrogen-bond acceptors (Lipinski definition) is 10. The highest BCUT2D eigenvalue weighted by Crippen LogP contribution is 2.37. The van der Waals surface area contributed by atoms with Gasteiger partial charge in [-0.25, -0.2) is 33.7 Å². The maximum absolute atomic E-state index is 11.4. The van der Waals surface area contributed by atoms with Gasteiger partial charge in [0.1, 0.15) is 13.1 Å². The van der Waals surface area contributed by atoms with Crippen LogP contribution >= 0.6 is 0 Å². The molecular weight excluding hydrogens is 837 g/mol. The molecule has 2 heterocycles. The minimum absolute atomic E-state index is 0.760. The van der Waals surface area contributed by atoms with E-state index in [1.54, 1.807) is 0 Å². The Morgan fingerprint density at radius 3 is 0.827 bits per heavy atom. The Balaban J connectivity index is 0.000000777. The van der Waals surface area contributed by atoms with E-state index >= 15 is 0 Å². The molecule has 0 unspecified atom stereocenters. The van der Waals surface area contributed by atoms with Crippen LogP contribution in [0.15, 0.2) is 0 Å². The highest BCUT2D eigenvalue weighted by atomic mass is 32.3. The van der Waals surface area contributed by atoms with Crippen LogP contribution in [0.2, 0.25) is 0 Å². The van der Waals surface area contributed by atoms with E-state index in [-0.39, 0.29) is 0 Å². The summed E-state index contributed by atoms with van der Waals surface area (Å²) in [5.41, 5.74) is -24.8. The van der Waals surface area contributed by atoms with Gasteiger partial charge in [0.25, 0.3) is 0 Å². The normalized spacial score (nSPS) is 18.7. The minimum atomic E-state index is -6.72. The molecule has 0 amide bonds. The van der Waals surface area contributed by atoms with Gasteiger partial charge in [-0.1, -0.05) is 0 Å². The number of likely N-dealkylation sites (tertiary alicyclic amines) is 2. The first-order valence-corrected chi connectivity index (χ1v) is 20.5. The maximum atomic E-state index is 11.4. The zero-order chi connectivity index (χ0) is 41.1. The van der Waals surface area contributed by atoms with Gasteiger partial charge in [0.15, 0.2) is 40.1 Å². The number of nitrogens with zero attached hydrogens (tertiary/aromatic N) is 4. The van der Waals surface area contributed by atoms with Crippen molar-refractivity contribution >= 4 is 40.1 Å². The van der Waals surface area contributed by atoms with Gasteiger partial charge < -0.3 is 26.7 Å². The Hall–Kier alpha value is -1.28. The average Bonchev–Trinajstić information content (AvgIpc) is 3.63. The number of sulfonamides is 4. The van der Waals surface area contributed by atoms with Crippen LogP contribution in [0.5, 0.6) is 0 Å². The Kier molecular flexibility index (Phi) is 18.6. The summed E-state index contributed by atoms with van der Waals surface area (Å²) in [6.45, 7) is 18.3. The van der Waals surface area contributed by atoms with Crippen LogP contribution < -0.4 is 0 Å². The van der Waals surface area contributed by atoms with Crippen molar-refractivity contribution in [2.24, 2.45) is 0 Å². The summed E-state index contributed by atoms with van der Waals surface area (Å²) in [5, 5.41) is 0. The molecule has 52 heavy (non-hydrogen) atoms. The molecule has 0 spiro atoms. The molecule has 0 aromatic rings. The molecule has 2 aliphatic rings. The van der Waals surface area contributed by atoms with E-state index in [0.717, 1.165) is 34.7 Å². The largest absolute Gasteiger partial charge is 0.480 e. The highest BCUT2D eigenvalue weighted by Gasteiger charge is 2.48. The molecule has 0 bridgehead atoms. The van der Waals surface area contributed by atoms with Crippen LogP contribution in [-0.4, -0.2) is 143 Å². The highest BCUT2D eigenvalue weighted by molar-refractivity contribution is 8.13. The SMILES string of the molecule is CC[N+]1(CCOCCOCC[N+]2(CC)CCCC2)CCCC1.O=S(=O)([N-]S(=O)(=O)C(F)(F)F)C(F)(F)F.O=S(=O)([N-]S(=O)(=O)C(F)(F)F)C(F)(F)F. The lowest BCUT2D eigenvalue weighted by Crippen LogP contribution is -2.47. The third-order valence-corrected chi connectivity index (χ3v) is 13.2. The van der Waals surface area contributed by atoms with Crippen LogP contribution in [0.25, 0.3) is 8.25 Å². The van der Waals surface area contributed by atoms with Crippen molar-refractivity contribution in [1.82, 2.24) is 0 Å². The van der Waals surface area contributed by atoms with E-state index in [4.69, 9.17) is 9.47 Å². The minimum Gasteiger partial charge on any atom is -0.421 e. The van der Waals surface area contributed by atoms with Gasteiger partial charge in [-0.15, -0.1) is 0 Å². The molecular formula is C22H38F12N4O10S4. The number of quaternary nitrogens is 2. The van der Waals surface area contributed by atoms with Crippen LogP contribution in [0.1, 0.15) is 39.5 Å². The standard InChI is InChI=1S/C18H38N2O2.2C2F6NO4S2/c1-3-19(9-5-6-10-19)13-15-21-17-18-22-16-14-20(4-2)11-7-8-12-20;2*3-1(4,5)14(10,11)9-15(12,13)2(6,7)8/h3-18H2,1-2H3;;/q+2;2*-1. The van der Waals surface area contributed by atoms with Gasteiger partial charge in [-0.05, 0) is 13.8 Å². The van der Waals surface area contributed by atoms with Gasteiger partial charge in [0.05, 0.1) is 65.7 Å². The van der Waals surface area contributed by atoms with Crippen molar-refractivity contribution in [2.75, 3.05) is 78.8 Å². The lowest BCUT2D eigenvalue weighted by molar-refractivity contribution is -0.915. The monoisotopic (exact) mass is 874 g/mol. The molecule has 0 N–H and O–H groups in total. The number of alkyl halides is 12. The summed E-state index contributed by atoms with van der Waals surface area (Å²) in [6, 6.07) is 0. The summed E-state index contributed by atoms with van der Waals surface area (Å²) in [5.74, 6) is 0. The molecule has 0 radical (unpaired) electrons. The molecule has 0 aliphatic carbocycles. The van der Waals surface area contributed by atoms with Gasteiger partial charge in [0.2, 0.25) is 0 Å². The average molecular weight is 875 g/mol. The molecule has 314 valence electrons. The summed E-state index contributed by atoms with van der Waals surface area (Å²) in [6.07, 6.45) is 5.59. The summed E-state index contributed by atoms with van der Waals surface area (Å²) < 4.78 is 233.